The lowest BCUT2D eigenvalue weighted by molar-refractivity contribution is 0.412. The molecule has 0 saturated heterocycles. The maximum absolute atomic E-state index is 5.37. The molecule has 0 aliphatic heterocycles. The maximum Gasteiger partial charge on any atom is 0.135 e. The number of ether oxygens (including phenoxy) is 1. The van der Waals surface area contributed by atoms with Crippen molar-refractivity contribution in [3.8, 4) is 5.75 Å². The van der Waals surface area contributed by atoms with Crippen LogP contribution >= 0.6 is 31.9 Å². The normalized spacial score (nSPS) is 12.0. The highest BCUT2D eigenvalue weighted by Gasteiger charge is 2.13. The molecule has 2 rings (SSSR count). The van der Waals surface area contributed by atoms with Crippen LogP contribution in [0.2, 0.25) is 0 Å². The third-order valence-corrected chi connectivity index (χ3v) is 4.73. The first-order valence-electron chi connectivity index (χ1n) is 6.91. The highest BCUT2D eigenvalue weighted by Crippen LogP contribution is 2.36. The molecule has 1 N–H and O–H groups in total. The van der Waals surface area contributed by atoms with Crippen LogP contribution in [0, 0.1) is 6.92 Å². The zero-order chi connectivity index (χ0) is 15.4. The summed E-state index contributed by atoms with van der Waals surface area (Å²) in [6.07, 6.45) is 1.01. The van der Waals surface area contributed by atoms with Gasteiger partial charge in [0.1, 0.15) is 5.75 Å². The van der Waals surface area contributed by atoms with Gasteiger partial charge in [0.25, 0.3) is 0 Å². The number of aryl methyl sites for hydroxylation is 1. The Morgan fingerprint density at radius 1 is 1.10 bits per heavy atom. The molecule has 112 valence electrons. The van der Waals surface area contributed by atoms with E-state index in [1.807, 2.05) is 12.1 Å². The highest BCUT2D eigenvalue weighted by atomic mass is 79.9. The summed E-state index contributed by atoms with van der Waals surface area (Å²) in [6, 6.07) is 12.9. The van der Waals surface area contributed by atoms with E-state index >= 15 is 0 Å². The van der Waals surface area contributed by atoms with Gasteiger partial charge in [-0.3, -0.25) is 0 Å². The van der Waals surface area contributed by atoms with Gasteiger partial charge in [-0.25, -0.2) is 0 Å². The van der Waals surface area contributed by atoms with Gasteiger partial charge in [-0.2, -0.15) is 0 Å². The average molecular weight is 413 g/mol. The Bertz CT molecular complexity index is 611. The molecule has 0 heterocycles. The zero-order valence-electron chi connectivity index (χ0n) is 12.4. The molecule has 0 aliphatic carbocycles. The second-order valence-corrected chi connectivity index (χ2v) is 6.69. The van der Waals surface area contributed by atoms with Crippen LogP contribution in [-0.4, -0.2) is 7.11 Å². The largest absolute Gasteiger partial charge is 0.495 e. The van der Waals surface area contributed by atoms with Crippen molar-refractivity contribution in [3.05, 3.63) is 56.5 Å². The predicted octanol–water partition coefficient (Wildman–Crippen LogP) is 6.09. The minimum Gasteiger partial charge on any atom is -0.495 e. The molecule has 0 saturated carbocycles. The highest BCUT2D eigenvalue weighted by molar-refractivity contribution is 9.11. The summed E-state index contributed by atoms with van der Waals surface area (Å²) in [4.78, 5) is 0. The van der Waals surface area contributed by atoms with E-state index in [2.05, 4.69) is 75.3 Å². The molecule has 2 aromatic rings. The van der Waals surface area contributed by atoms with Crippen molar-refractivity contribution in [2.75, 3.05) is 12.4 Å². The minimum absolute atomic E-state index is 0.271. The number of halogens is 2. The van der Waals surface area contributed by atoms with E-state index in [1.54, 1.807) is 7.11 Å². The second-order valence-electron chi connectivity index (χ2n) is 4.98. The van der Waals surface area contributed by atoms with Crippen LogP contribution in [0.25, 0.3) is 0 Å². The number of hydrogen-bond acceptors (Lipinski definition) is 2. The van der Waals surface area contributed by atoms with Crippen molar-refractivity contribution in [3.63, 3.8) is 0 Å². The molecular formula is C17H19Br2NO. The van der Waals surface area contributed by atoms with Gasteiger partial charge in [0.2, 0.25) is 0 Å². The second kappa shape index (κ2) is 7.32. The van der Waals surface area contributed by atoms with Crippen molar-refractivity contribution in [2.24, 2.45) is 0 Å². The van der Waals surface area contributed by atoms with Gasteiger partial charge in [-0.15, -0.1) is 0 Å². The van der Waals surface area contributed by atoms with Crippen molar-refractivity contribution >= 4 is 37.5 Å². The smallest absolute Gasteiger partial charge is 0.135 e. The van der Waals surface area contributed by atoms with Crippen molar-refractivity contribution in [2.45, 2.75) is 26.3 Å². The number of anilines is 1. The fourth-order valence-electron chi connectivity index (χ4n) is 2.20. The summed E-state index contributed by atoms with van der Waals surface area (Å²) in [5, 5.41) is 3.59. The van der Waals surface area contributed by atoms with E-state index < -0.39 is 0 Å². The topological polar surface area (TPSA) is 21.3 Å². The van der Waals surface area contributed by atoms with Gasteiger partial charge >= 0.3 is 0 Å². The molecule has 0 spiro atoms. The van der Waals surface area contributed by atoms with E-state index in [1.165, 1.54) is 11.1 Å². The molecular weight excluding hydrogens is 394 g/mol. The molecule has 0 amide bonds. The minimum atomic E-state index is 0.271. The summed E-state index contributed by atoms with van der Waals surface area (Å²) < 4.78 is 7.32. The lowest BCUT2D eigenvalue weighted by Crippen LogP contribution is -2.10. The third-order valence-electron chi connectivity index (χ3n) is 3.46. The molecule has 4 heteroatoms. The van der Waals surface area contributed by atoms with Crippen molar-refractivity contribution < 1.29 is 4.74 Å². The average Bonchev–Trinajstić information content (AvgIpc) is 2.48. The summed E-state index contributed by atoms with van der Waals surface area (Å²) in [6.45, 7) is 4.29. The van der Waals surface area contributed by atoms with Crippen LogP contribution in [0.15, 0.2) is 45.3 Å². The lowest BCUT2D eigenvalue weighted by Gasteiger charge is -2.21. The molecule has 2 nitrogen and oxygen atoms in total. The monoisotopic (exact) mass is 411 g/mol. The van der Waals surface area contributed by atoms with Crippen LogP contribution < -0.4 is 10.1 Å². The van der Waals surface area contributed by atoms with Crippen LogP contribution in [0.1, 0.15) is 30.5 Å². The number of nitrogens with one attached hydrogen (secondary N) is 1. The Labute approximate surface area is 143 Å². The van der Waals surface area contributed by atoms with Gasteiger partial charge < -0.3 is 10.1 Å². The lowest BCUT2D eigenvalue weighted by atomic mass is 10.0. The Kier molecular flexibility index (Phi) is 5.71. The fraction of sp³-hybridized carbons (Fsp3) is 0.294. The van der Waals surface area contributed by atoms with Gasteiger partial charge in [-0.05, 0) is 56.8 Å². The molecule has 2 aromatic carbocycles. The van der Waals surface area contributed by atoms with Crippen LogP contribution in [0.3, 0.4) is 0 Å². The zero-order valence-corrected chi connectivity index (χ0v) is 15.6. The van der Waals surface area contributed by atoms with Gasteiger partial charge in [-0.1, -0.05) is 36.8 Å². The molecule has 0 radical (unpaired) electrons. The molecule has 0 aliphatic rings. The first kappa shape index (κ1) is 16.4. The number of hydrogen-bond donors (Lipinski definition) is 1. The van der Waals surface area contributed by atoms with E-state index in [4.69, 9.17) is 4.74 Å². The molecule has 0 fully saturated rings. The fourth-order valence-corrected chi connectivity index (χ4v) is 3.47. The van der Waals surface area contributed by atoms with Crippen LogP contribution in [0.4, 0.5) is 5.69 Å². The number of methoxy groups -OCH3 is 1. The summed E-state index contributed by atoms with van der Waals surface area (Å²) >= 11 is 7.10. The van der Waals surface area contributed by atoms with Crippen molar-refractivity contribution in [1.82, 2.24) is 0 Å². The Hall–Kier alpha value is -1.00. The first-order valence-corrected chi connectivity index (χ1v) is 8.50. The Morgan fingerprint density at radius 3 is 2.33 bits per heavy atom. The Balaban J connectivity index is 2.28. The molecule has 1 unspecified atom stereocenters. The van der Waals surface area contributed by atoms with E-state index in [0.29, 0.717) is 0 Å². The van der Waals surface area contributed by atoms with Gasteiger partial charge in [0.05, 0.1) is 23.3 Å². The molecule has 21 heavy (non-hydrogen) atoms. The summed E-state index contributed by atoms with van der Waals surface area (Å²) in [5.41, 5.74) is 3.60. The molecule has 0 bridgehead atoms. The maximum atomic E-state index is 5.37. The van der Waals surface area contributed by atoms with Gasteiger partial charge in [0, 0.05) is 10.5 Å². The summed E-state index contributed by atoms with van der Waals surface area (Å²) in [7, 11) is 1.68. The van der Waals surface area contributed by atoms with Crippen LogP contribution in [0.5, 0.6) is 5.75 Å². The molecule has 0 aromatic heterocycles. The van der Waals surface area contributed by atoms with Gasteiger partial charge in [0.15, 0.2) is 0 Å². The molecule has 1 atom stereocenters. The van der Waals surface area contributed by atoms with E-state index in [-0.39, 0.29) is 6.04 Å². The third kappa shape index (κ3) is 4.01. The predicted molar refractivity (Wildman–Crippen MR) is 96.2 cm³/mol. The number of benzene rings is 2. The quantitative estimate of drug-likeness (QED) is 0.641. The van der Waals surface area contributed by atoms with Crippen LogP contribution in [-0.2, 0) is 0 Å². The van der Waals surface area contributed by atoms with E-state index in [9.17, 15) is 0 Å². The standard InChI is InChI=1S/C17H19Br2NO/c1-4-15(12-7-5-11(2)6-8-12)20-16-10-17(21-3)14(19)9-13(16)18/h5-10,15,20H,4H2,1-3H3. The Morgan fingerprint density at radius 2 is 1.76 bits per heavy atom. The van der Waals surface area contributed by atoms with E-state index in [0.717, 1.165) is 26.8 Å². The number of rotatable bonds is 5. The first-order chi connectivity index (χ1) is 10.0. The SMILES string of the molecule is CCC(Nc1cc(OC)c(Br)cc1Br)c1ccc(C)cc1. The summed E-state index contributed by atoms with van der Waals surface area (Å²) in [5.74, 6) is 0.819. The van der Waals surface area contributed by atoms with Crippen molar-refractivity contribution in [1.29, 1.82) is 0 Å².